The van der Waals surface area contributed by atoms with Crippen LogP contribution < -0.4 is 0 Å². The largest absolute Gasteiger partial charge is 0.295 e. The molecule has 0 aliphatic heterocycles. The first-order valence-electron chi connectivity index (χ1n) is 4.05. The van der Waals surface area contributed by atoms with Crippen molar-refractivity contribution in [1.29, 1.82) is 0 Å². The minimum Gasteiger partial charge on any atom is -0.295 e. The average Bonchev–Trinajstić information content (AvgIpc) is 2.08. The van der Waals surface area contributed by atoms with Gasteiger partial charge in [-0.1, -0.05) is 18.2 Å². The topological polar surface area (TPSA) is 17.1 Å². The number of Topliss-reactive ketones (excluding diaryl/α,β-unsaturated/α-hetero) is 1. The molecule has 0 fully saturated rings. The van der Waals surface area contributed by atoms with Gasteiger partial charge in [-0.15, -0.1) is 0 Å². The Morgan fingerprint density at radius 1 is 1.31 bits per heavy atom. The van der Waals surface area contributed by atoms with E-state index in [1.54, 1.807) is 31.2 Å². The second kappa shape index (κ2) is 3.99. The average molecular weight is 178 g/mol. The number of ketones is 1. The third-order valence-electron chi connectivity index (χ3n) is 1.83. The van der Waals surface area contributed by atoms with Crippen LogP contribution in [0.5, 0.6) is 0 Å². The smallest absolute Gasteiger partial charge is 0.155 e. The predicted molar refractivity (Wildman–Crippen MR) is 50.7 cm³/mol. The van der Waals surface area contributed by atoms with E-state index in [1.165, 1.54) is 13.0 Å². The molecule has 0 unspecified atom stereocenters. The van der Waals surface area contributed by atoms with Crippen molar-refractivity contribution in [2.45, 2.75) is 13.8 Å². The third-order valence-corrected chi connectivity index (χ3v) is 1.83. The van der Waals surface area contributed by atoms with Crippen molar-refractivity contribution in [3.05, 3.63) is 41.2 Å². The molecule has 0 saturated carbocycles. The van der Waals surface area contributed by atoms with Crippen LogP contribution in [0.25, 0.3) is 6.08 Å². The molecule has 2 heteroatoms. The first kappa shape index (κ1) is 9.65. The summed E-state index contributed by atoms with van der Waals surface area (Å²) < 4.78 is 13.1. The zero-order chi connectivity index (χ0) is 9.84. The highest BCUT2D eigenvalue weighted by molar-refractivity contribution is 5.97. The summed E-state index contributed by atoms with van der Waals surface area (Å²) in [6.07, 6.45) is 1.55. The molecule has 0 aromatic heterocycles. The van der Waals surface area contributed by atoms with Crippen LogP contribution in [-0.2, 0) is 4.79 Å². The lowest BCUT2D eigenvalue weighted by molar-refractivity contribution is -0.113. The molecule has 0 N–H and O–H groups in total. The van der Waals surface area contributed by atoms with Gasteiger partial charge in [0.15, 0.2) is 5.78 Å². The molecule has 1 aromatic carbocycles. The Bertz CT molecular complexity index is 353. The van der Waals surface area contributed by atoms with E-state index in [0.717, 1.165) is 0 Å². The summed E-state index contributed by atoms with van der Waals surface area (Å²) in [7, 11) is 0. The molecule has 0 atom stereocenters. The van der Waals surface area contributed by atoms with Gasteiger partial charge in [0.2, 0.25) is 0 Å². The summed E-state index contributed by atoms with van der Waals surface area (Å²) in [5, 5.41) is 0. The van der Waals surface area contributed by atoms with E-state index >= 15 is 0 Å². The van der Waals surface area contributed by atoms with Crippen molar-refractivity contribution in [1.82, 2.24) is 0 Å². The third kappa shape index (κ3) is 2.51. The summed E-state index contributed by atoms with van der Waals surface area (Å²) >= 11 is 0. The molecular formula is C11H11FO. The van der Waals surface area contributed by atoms with Crippen LogP contribution in [0.3, 0.4) is 0 Å². The Kier molecular flexibility index (Phi) is 2.96. The van der Waals surface area contributed by atoms with Crippen molar-refractivity contribution in [2.24, 2.45) is 0 Å². The lowest BCUT2D eigenvalue weighted by Crippen LogP contribution is -1.91. The Morgan fingerprint density at radius 2 is 1.92 bits per heavy atom. The van der Waals surface area contributed by atoms with Gasteiger partial charge in [-0.25, -0.2) is 4.39 Å². The highest BCUT2D eigenvalue weighted by atomic mass is 19.1. The van der Waals surface area contributed by atoms with Crippen molar-refractivity contribution in [3.63, 3.8) is 0 Å². The fourth-order valence-electron chi connectivity index (χ4n) is 0.927. The Balaban J connectivity index is 3.04. The van der Waals surface area contributed by atoms with E-state index < -0.39 is 0 Å². The van der Waals surface area contributed by atoms with Crippen LogP contribution in [0, 0.1) is 5.82 Å². The van der Waals surface area contributed by atoms with Crippen LogP contribution in [0.15, 0.2) is 29.8 Å². The van der Waals surface area contributed by atoms with Crippen LogP contribution in [0.1, 0.15) is 19.4 Å². The molecule has 1 nitrogen and oxygen atoms in total. The number of hydrogen-bond donors (Lipinski definition) is 0. The van der Waals surface area contributed by atoms with Gasteiger partial charge < -0.3 is 0 Å². The fourth-order valence-corrected chi connectivity index (χ4v) is 0.927. The van der Waals surface area contributed by atoms with Gasteiger partial charge >= 0.3 is 0 Å². The van der Waals surface area contributed by atoms with Crippen LogP contribution in [0.4, 0.5) is 4.39 Å². The molecule has 0 heterocycles. The molecule has 0 aliphatic carbocycles. The maximum atomic E-state index is 13.1. The molecule has 0 spiro atoms. The number of carbonyl (C=O) groups is 1. The Labute approximate surface area is 76.9 Å². The van der Waals surface area contributed by atoms with Gasteiger partial charge in [-0.3, -0.25) is 4.79 Å². The second-order valence-corrected chi connectivity index (χ2v) is 2.91. The maximum Gasteiger partial charge on any atom is 0.155 e. The van der Waals surface area contributed by atoms with Gasteiger partial charge in [0.25, 0.3) is 0 Å². The molecule has 0 saturated heterocycles. The van der Waals surface area contributed by atoms with Crippen molar-refractivity contribution in [2.75, 3.05) is 0 Å². The lowest BCUT2D eigenvalue weighted by Gasteiger charge is -1.97. The molecule has 68 valence electrons. The zero-order valence-electron chi connectivity index (χ0n) is 7.67. The number of benzene rings is 1. The van der Waals surface area contributed by atoms with Crippen LogP contribution in [-0.4, -0.2) is 5.78 Å². The van der Waals surface area contributed by atoms with Crippen molar-refractivity contribution in [3.8, 4) is 0 Å². The standard InChI is InChI=1S/C11H11FO/c1-8(9(2)13)7-10-5-3-4-6-11(10)12/h3-7H,1-2H3/b8-7-. The van der Waals surface area contributed by atoms with E-state index in [-0.39, 0.29) is 11.6 Å². The van der Waals surface area contributed by atoms with Gasteiger partial charge in [-0.2, -0.15) is 0 Å². The first-order valence-corrected chi connectivity index (χ1v) is 4.05. The van der Waals surface area contributed by atoms with Gasteiger partial charge in [0.05, 0.1) is 0 Å². The molecule has 1 rings (SSSR count). The van der Waals surface area contributed by atoms with Gasteiger partial charge in [0, 0.05) is 5.56 Å². The quantitative estimate of drug-likeness (QED) is 0.636. The monoisotopic (exact) mass is 178 g/mol. The SMILES string of the molecule is CC(=O)/C(C)=C\c1ccccc1F. The number of carbonyl (C=O) groups excluding carboxylic acids is 1. The lowest BCUT2D eigenvalue weighted by atomic mass is 10.1. The maximum absolute atomic E-state index is 13.1. The number of halogens is 1. The van der Waals surface area contributed by atoms with Crippen LogP contribution >= 0.6 is 0 Å². The molecule has 0 radical (unpaired) electrons. The molecule has 0 aliphatic rings. The number of allylic oxidation sites excluding steroid dienone is 1. The highest BCUT2D eigenvalue weighted by Crippen LogP contribution is 2.11. The number of hydrogen-bond acceptors (Lipinski definition) is 1. The summed E-state index contributed by atoms with van der Waals surface area (Å²) in [6.45, 7) is 3.14. The summed E-state index contributed by atoms with van der Waals surface area (Å²) in [6, 6.07) is 6.37. The van der Waals surface area contributed by atoms with E-state index in [0.29, 0.717) is 11.1 Å². The predicted octanol–water partition coefficient (Wildman–Crippen LogP) is 2.82. The molecule has 0 bridgehead atoms. The fraction of sp³-hybridized carbons (Fsp3) is 0.182. The minimum absolute atomic E-state index is 0.0387. The zero-order valence-corrected chi connectivity index (χ0v) is 7.67. The van der Waals surface area contributed by atoms with Crippen molar-refractivity contribution < 1.29 is 9.18 Å². The summed E-state index contributed by atoms with van der Waals surface area (Å²) in [5.41, 5.74) is 1.01. The van der Waals surface area contributed by atoms with E-state index in [2.05, 4.69) is 0 Å². The molecule has 1 aromatic rings. The normalized spacial score (nSPS) is 11.5. The van der Waals surface area contributed by atoms with Gasteiger partial charge in [0.1, 0.15) is 5.82 Å². The highest BCUT2D eigenvalue weighted by Gasteiger charge is 2.00. The van der Waals surface area contributed by atoms with Crippen LogP contribution in [0.2, 0.25) is 0 Å². The second-order valence-electron chi connectivity index (χ2n) is 2.91. The van der Waals surface area contributed by atoms with E-state index in [4.69, 9.17) is 0 Å². The van der Waals surface area contributed by atoms with Gasteiger partial charge in [-0.05, 0) is 31.6 Å². The molecule has 0 amide bonds. The molecule has 13 heavy (non-hydrogen) atoms. The Hall–Kier alpha value is -1.44. The van der Waals surface area contributed by atoms with Crippen molar-refractivity contribution >= 4 is 11.9 Å². The first-order chi connectivity index (χ1) is 6.11. The number of rotatable bonds is 2. The van der Waals surface area contributed by atoms with E-state index in [1.807, 2.05) is 0 Å². The molecular weight excluding hydrogens is 167 g/mol. The minimum atomic E-state index is -0.303. The Morgan fingerprint density at radius 3 is 2.46 bits per heavy atom. The summed E-state index contributed by atoms with van der Waals surface area (Å²) in [4.78, 5) is 10.9. The van der Waals surface area contributed by atoms with E-state index in [9.17, 15) is 9.18 Å². The summed E-state index contributed by atoms with van der Waals surface area (Å²) in [5.74, 6) is -0.341.